The van der Waals surface area contributed by atoms with E-state index in [1.165, 1.54) is 12.1 Å². The van der Waals surface area contributed by atoms with Gasteiger partial charge in [0.05, 0.1) is 16.2 Å². The summed E-state index contributed by atoms with van der Waals surface area (Å²) in [6, 6.07) is 8.78. The first-order valence-electron chi connectivity index (χ1n) is 7.67. The highest BCUT2D eigenvalue weighted by Gasteiger charge is 2.17. The van der Waals surface area contributed by atoms with Gasteiger partial charge < -0.3 is 10.2 Å². The van der Waals surface area contributed by atoms with Crippen molar-refractivity contribution in [3.63, 3.8) is 0 Å². The van der Waals surface area contributed by atoms with Crippen LogP contribution in [0.5, 0.6) is 0 Å². The van der Waals surface area contributed by atoms with Crippen molar-refractivity contribution in [2.75, 3.05) is 23.3 Å². The third-order valence-corrected chi connectivity index (χ3v) is 3.90. The summed E-state index contributed by atoms with van der Waals surface area (Å²) < 4.78 is 0. The van der Waals surface area contributed by atoms with Crippen LogP contribution in [0.3, 0.4) is 0 Å². The number of aromatic nitrogens is 2. The molecule has 1 aliphatic rings. The van der Waals surface area contributed by atoms with Crippen LogP contribution < -0.4 is 10.2 Å². The molecule has 1 N–H and O–H groups in total. The Morgan fingerprint density at radius 1 is 1.24 bits per heavy atom. The van der Waals surface area contributed by atoms with Crippen LogP contribution in [-0.2, 0) is 0 Å². The van der Waals surface area contributed by atoms with Crippen molar-refractivity contribution in [3.05, 3.63) is 51.7 Å². The molecular weight excluding hydrogens is 324 g/mol. The maximum Gasteiger partial charge on any atom is 0.276 e. The first kappa shape index (κ1) is 16.3. The highest BCUT2D eigenvalue weighted by Crippen LogP contribution is 2.22. The molecule has 0 saturated carbocycles. The molecule has 0 radical (unpaired) electrons. The number of anilines is 2. The number of nitrogens with one attached hydrogen (secondary N) is 1. The molecule has 9 nitrogen and oxygen atoms in total. The Hall–Kier alpha value is -3.54. The Balaban J connectivity index is 1.76. The number of carbonyl (C=O) groups is 1. The number of amides is 1. The first-order valence-corrected chi connectivity index (χ1v) is 7.67. The van der Waals surface area contributed by atoms with Gasteiger partial charge in [-0.1, -0.05) is 0 Å². The van der Waals surface area contributed by atoms with Gasteiger partial charge in [-0.2, -0.15) is 5.26 Å². The molecule has 25 heavy (non-hydrogen) atoms. The Labute approximate surface area is 143 Å². The molecule has 2 aromatic rings. The van der Waals surface area contributed by atoms with E-state index in [2.05, 4.69) is 20.4 Å². The van der Waals surface area contributed by atoms with E-state index in [0.717, 1.165) is 37.8 Å². The number of benzene rings is 1. The van der Waals surface area contributed by atoms with E-state index in [4.69, 9.17) is 5.26 Å². The summed E-state index contributed by atoms with van der Waals surface area (Å²) in [5, 5.41) is 30.4. The van der Waals surface area contributed by atoms with Crippen molar-refractivity contribution in [2.24, 2.45) is 0 Å². The molecule has 1 aromatic heterocycles. The fourth-order valence-corrected chi connectivity index (χ4v) is 2.59. The van der Waals surface area contributed by atoms with Crippen molar-refractivity contribution >= 4 is 23.1 Å². The molecular formula is C16H14N6O3. The average Bonchev–Trinajstić information content (AvgIpc) is 3.16. The molecule has 3 rings (SSSR count). The van der Waals surface area contributed by atoms with Crippen LogP contribution in [-0.4, -0.2) is 34.1 Å². The van der Waals surface area contributed by atoms with Crippen LogP contribution in [0.4, 0.5) is 17.2 Å². The predicted octanol–water partition coefficient (Wildman–Crippen LogP) is 2.11. The van der Waals surface area contributed by atoms with Crippen molar-refractivity contribution in [3.8, 4) is 6.07 Å². The molecule has 0 bridgehead atoms. The minimum Gasteiger partial charge on any atom is -0.355 e. The second kappa shape index (κ2) is 6.92. The van der Waals surface area contributed by atoms with Crippen LogP contribution in [0.1, 0.15) is 28.9 Å². The van der Waals surface area contributed by atoms with E-state index in [9.17, 15) is 14.9 Å². The van der Waals surface area contributed by atoms with Crippen molar-refractivity contribution in [1.29, 1.82) is 5.26 Å². The van der Waals surface area contributed by atoms with Gasteiger partial charge in [0.1, 0.15) is 6.07 Å². The summed E-state index contributed by atoms with van der Waals surface area (Å²) in [6.45, 7) is 1.85. The standard InChI is InChI=1S/C16H14N6O3/c17-10-11-9-12(22(24)25)3-4-13(11)18-16(23)14-5-6-15(20-19-14)21-7-1-2-8-21/h3-6,9H,1-2,7-8H2,(H,18,23). The minimum absolute atomic E-state index is 0.00389. The molecule has 126 valence electrons. The lowest BCUT2D eigenvalue weighted by atomic mass is 10.1. The highest BCUT2D eigenvalue weighted by atomic mass is 16.6. The maximum absolute atomic E-state index is 12.3. The highest BCUT2D eigenvalue weighted by molar-refractivity contribution is 6.03. The number of rotatable bonds is 4. The Morgan fingerprint density at radius 2 is 2.00 bits per heavy atom. The predicted molar refractivity (Wildman–Crippen MR) is 89.2 cm³/mol. The van der Waals surface area contributed by atoms with Gasteiger partial charge >= 0.3 is 0 Å². The topological polar surface area (TPSA) is 125 Å². The lowest BCUT2D eigenvalue weighted by molar-refractivity contribution is -0.384. The van der Waals surface area contributed by atoms with Crippen LogP contribution >= 0.6 is 0 Å². The molecule has 9 heteroatoms. The number of nitro groups is 1. The van der Waals surface area contributed by atoms with Crippen molar-refractivity contribution < 1.29 is 9.72 Å². The second-order valence-corrected chi connectivity index (χ2v) is 5.52. The Kier molecular flexibility index (Phi) is 4.52. The Morgan fingerprint density at radius 3 is 2.60 bits per heavy atom. The number of non-ortho nitro benzene ring substituents is 1. The summed E-state index contributed by atoms with van der Waals surface area (Å²) in [4.78, 5) is 24.5. The van der Waals surface area contributed by atoms with E-state index in [1.54, 1.807) is 12.1 Å². The summed E-state index contributed by atoms with van der Waals surface area (Å²) in [7, 11) is 0. The molecule has 0 aliphatic carbocycles. The molecule has 0 spiro atoms. The zero-order valence-corrected chi connectivity index (χ0v) is 13.2. The van der Waals surface area contributed by atoms with Gasteiger partial charge in [-0.15, -0.1) is 10.2 Å². The quantitative estimate of drug-likeness (QED) is 0.668. The van der Waals surface area contributed by atoms with Gasteiger partial charge in [0, 0.05) is 25.2 Å². The summed E-state index contributed by atoms with van der Waals surface area (Å²) in [5.74, 6) is 0.188. The smallest absolute Gasteiger partial charge is 0.276 e. The lowest BCUT2D eigenvalue weighted by Gasteiger charge is -2.15. The van der Waals surface area contributed by atoms with E-state index in [1.807, 2.05) is 6.07 Å². The average molecular weight is 338 g/mol. The molecule has 1 fully saturated rings. The van der Waals surface area contributed by atoms with Crippen LogP contribution in [0.25, 0.3) is 0 Å². The molecule has 0 unspecified atom stereocenters. The van der Waals surface area contributed by atoms with Crippen LogP contribution in [0, 0.1) is 21.4 Å². The van der Waals surface area contributed by atoms with Gasteiger partial charge in [-0.3, -0.25) is 14.9 Å². The van der Waals surface area contributed by atoms with Crippen molar-refractivity contribution in [2.45, 2.75) is 12.8 Å². The minimum atomic E-state index is -0.602. The van der Waals surface area contributed by atoms with Gasteiger partial charge in [0.15, 0.2) is 11.5 Å². The molecule has 1 saturated heterocycles. The number of nitriles is 1. The molecule has 1 amide bonds. The zero-order valence-electron chi connectivity index (χ0n) is 13.2. The maximum atomic E-state index is 12.3. The normalized spacial score (nSPS) is 13.3. The molecule has 1 aromatic carbocycles. The summed E-state index contributed by atoms with van der Waals surface area (Å²) in [5.41, 5.74) is 0.0715. The zero-order chi connectivity index (χ0) is 17.8. The number of nitrogens with zero attached hydrogens (tertiary/aromatic N) is 5. The number of hydrogen-bond donors (Lipinski definition) is 1. The lowest BCUT2D eigenvalue weighted by Crippen LogP contribution is -2.21. The van der Waals surface area contributed by atoms with E-state index in [0.29, 0.717) is 0 Å². The molecule has 0 atom stereocenters. The summed E-state index contributed by atoms with van der Waals surface area (Å²) in [6.07, 6.45) is 2.22. The van der Waals surface area contributed by atoms with Crippen LogP contribution in [0.15, 0.2) is 30.3 Å². The number of carbonyl (C=O) groups excluding carboxylic acids is 1. The molecule has 1 aliphatic heterocycles. The summed E-state index contributed by atoms with van der Waals surface area (Å²) >= 11 is 0. The fourth-order valence-electron chi connectivity index (χ4n) is 2.59. The fraction of sp³-hybridized carbons (Fsp3) is 0.250. The third kappa shape index (κ3) is 3.53. The largest absolute Gasteiger partial charge is 0.355 e. The Bertz CT molecular complexity index is 853. The van der Waals surface area contributed by atoms with E-state index < -0.39 is 10.8 Å². The van der Waals surface area contributed by atoms with Crippen LogP contribution in [0.2, 0.25) is 0 Å². The van der Waals surface area contributed by atoms with Crippen molar-refractivity contribution in [1.82, 2.24) is 10.2 Å². The van der Waals surface area contributed by atoms with Gasteiger partial charge in [0.25, 0.3) is 11.6 Å². The monoisotopic (exact) mass is 338 g/mol. The molecule has 2 heterocycles. The van der Waals surface area contributed by atoms with E-state index in [-0.39, 0.29) is 22.6 Å². The van der Waals surface area contributed by atoms with E-state index >= 15 is 0 Å². The number of nitro benzene ring substituents is 1. The number of hydrogen-bond acceptors (Lipinski definition) is 7. The second-order valence-electron chi connectivity index (χ2n) is 5.52. The first-order chi connectivity index (χ1) is 12.1. The van der Waals surface area contributed by atoms with Gasteiger partial charge in [-0.25, -0.2) is 0 Å². The SMILES string of the molecule is N#Cc1cc([N+](=O)[O-])ccc1NC(=O)c1ccc(N2CCCC2)nn1. The third-order valence-electron chi connectivity index (χ3n) is 3.90. The van der Waals surface area contributed by atoms with Gasteiger partial charge in [-0.05, 0) is 31.0 Å². The van der Waals surface area contributed by atoms with Gasteiger partial charge in [0.2, 0.25) is 0 Å².